The Morgan fingerprint density at radius 3 is 1.82 bits per heavy atom. The topological polar surface area (TPSA) is 70.5 Å². The third-order valence-electron chi connectivity index (χ3n) is 6.33. The maximum atomic E-state index is 13.5. The molecule has 2 aliphatic rings. The van der Waals surface area contributed by atoms with E-state index < -0.39 is 23.5 Å². The third-order valence-corrected chi connectivity index (χ3v) is 6.33. The Balaban J connectivity index is 1.42. The Hall–Kier alpha value is -3.68. The van der Waals surface area contributed by atoms with Crippen LogP contribution in [0.5, 0.6) is 0 Å². The standard InChI is InChI=1S/C24H23F6N7O/c25-23(26,27)17-5-3-16(4-6-17)19-32-21(34-22(33-19)37-12-14-38-15-13-37)36-10-8-35(9-11-36)20-18(24(28,29)30)2-1-7-31-20/h1-7H,8-15H2. The number of benzene rings is 1. The number of ether oxygens (including phenoxy) is 1. The van der Waals surface area contributed by atoms with Gasteiger partial charge in [0.05, 0.1) is 24.3 Å². The minimum Gasteiger partial charge on any atom is -0.378 e. The molecule has 0 N–H and O–H groups in total. The van der Waals surface area contributed by atoms with Crippen molar-refractivity contribution < 1.29 is 31.1 Å². The number of halogens is 6. The van der Waals surface area contributed by atoms with Crippen LogP contribution in [-0.4, -0.2) is 72.4 Å². The first-order valence-corrected chi connectivity index (χ1v) is 11.9. The van der Waals surface area contributed by atoms with Crippen molar-refractivity contribution in [2.75, 3.05) is 67.2 Å². The molecular formula is C24H23F6N7O. The van der Waals surface area contributed by atoms with Gasteiger partial charge in [0.1, 0.15) is 5.82 Å². The molecule has 4 heterocycles. The molecule has 3 aromatic rings. The SMILES string of the molecule is FC(F)(F)c1ccc(-c2nc(N3CCOCC3)nc(N3CCN(c4ncccc4C(F)(F)F)CC3)n2)cc1. The number of hydrogen-bond acceptors (Lipinski definition) is 8. The van der Waals surface area contributed by atoms with Crippen molar-refractivity contribution in [1.82, 2.24) is 19.9 Å². The summed E-state index contributed by atoms with van der Waals surface area (Å²) in [5.74, 6) is 0.735. The summed E-state index contributed by atoms with van der Waals surface area (Å²) >= 11 is 0. The average molecular weight is 539 g/mol. The molecule has 5 rings (SSSR count). The largest absolute Gasteiger partial charge is 0.419 e. The lowest BCUT2D eigenvalue weighted by molar-refractivity contribution is -0.138. The number of aromatic nitrogens is 4. The van der Waals surface area contributed by atoms with E-state index in [1.54, 1.807) is 4.90 Å². The lowest BCUT2D eigenvalue weighted by Gasteiger charge is -2.36. The van der Waals surface area contributed by atoms with Gasteiger partial charge in [-0.3, -0.25) is 0 Å². The first-order valence-electron chi connectivity index (χ1n) is 11.9. The highest BCUT2D eigenvalue weighted by Crippen LogP contribution is 2.36. The summed E-state index contributed by atoms with van der Waals surface area (Å²) in [4.78, 5) is 22.9. The molecular weight excluding hydrogens is 516 g/mol. The lowest BCUT2D eigenvalue weighted by Crippen LogP contribution is -2.48. The summed E-state index contributed by atoms with van der Waals surface area (Å²) in [6.45, 7) is 3.12. The molecule has 0 aliphatic carbocycles. The van der Waals surface area contributed by atoms with Gasteiger partial charge in [0.25, 0.3) is 0 Å². The van der Waals surface area contributed by atoms with Crippen LogP contribution >= 0.6 is 0 Å². The van der Waals surface area contributed by atoms with Crippen LogP contribution in [0.15, 0.2) is 42.6 Å². The Morgan fingerprint density at radius 1 is 0.658 bits per heavy atom. The summed E-state index contributed by atoms with van der Waals surface area (Å²) in [7, 11) is 0. The van der Waals surface area contributed by atoms with Crippen molar-refractivity contribution in [2.45, 2.75) is 12.4 Å². The van der Waals surface area contributed by atoms with E-state index >= 15 is 0 Å². The Labute approximate surface area is 213 Å². The van der Waals surface area contributed by atoms with Crippen LogP contribution in [0.3, 0.4) is 0 Å². The van der Waals surface area contributed by atoms with Crippen molar-refractivity contribution >= 4 is 17.7 Å². The van der Waals surface area contributed by atoms with Crippen LogP contribution in [0.25, 0.3) is 11.4 Å². The van der Waals surface area contributed by atoms with E-state index in [9.17, 15) is 26.3 Å². The van der Waals surface area contributed by atoms with Crippen molar-refractivity contribution in [3.8, 4) is 11.4 Å². The van der Waals surface area contributed by atoms with Crippen LogP contribution < -0.4 is 14.7 Å². The van der Waals surface area contributed by atoms with Crippen LogP contribution in [0.4, 0.5) is 44.1 Å². The van der Waals surface area contributed by atoms with Crippen molar-refractivity contribution in [3.05, 3.63) is 53.7 Å². The number of pyridine rings is 1. The number of anilines is 3. The van der Waals surface area contributed by atoms with E-state index in [2.05, 4.69) is 19.9 Å². The molecule has 1 aromatic carbocycles. The Morgan fingerprint density at radius 2 is 1.24 bits per heavy atom. The number of nitrogens with zero attached hydrogens (tertiary/aromatic N) is 7. The molecule has 2 fully saturated rings. The van der Waals surface area contributed by atoms with E-state index in [1.807, 2.05) is 9.80 Å². The second-order valence-electron chi connectivity index (χ2n) is 8.78. The quantitative estimate of drug-likeness (QED) is 0.459. The van der Waals surface area contributed by atoms with Gasteiger partial charge in [0.15, 0.2) is 5.82 Å². The van der Waals surface area contributed by atoms with Gasteiger partial charge in [-0.25, -0.2) is 4.98 Å². The minimum atomic E-state index is -4.53. The van der Waals surface area contributed by atoms with Crippen LogP contribution in [0, 0.1) is 0 Å². The van der Waals surface area contributed by atoms with Crippen LogP contribution in [-0.2, 0) is 17.1 Å². The first-order chi connectivity index (χ1) is 18.1. The minimum absolute atomic E-state index is 0.130. The van der Waals surface area contributed by atoms with Gasteiger partial charge in [-0.2, -0.15) is 41.3 Å². The van der Waals surface area contributed by atoms with E-state index in [4.69, 9.17) is 4.74 Å². The predicted molar refractivity (Wildman–Crippen MR) is 127 cm³/mol. The second-order valence-corrected chi connectivity index (χ2v) is 8.78. The third kappa shape index (κ3) is 5.59. The number of rotatable bonds is 4. The van der Waals surface area contributed by atoms with Gasteiger partial charge >= 0.3 is 12.4 Å². The zero-order chi connectivity index (χ0) is 26.9. The molecule has 202 valence electrons. The zero-order valence-electron chi connectivity index (χ0n) is 20.0. The summed E-state index contributed by atoms with van der Waals surface area (Å²) in [5.41, 5.74) is -1.20. The molecule has 2 saturated heterocycles. The molecule has 0 atom stereocenters. The normalized spacial score (nSPS) is 17.2. The predicted octanol–water partition coefficient (Wildman–Crippen LogP) is 4.13. The highest BCUT2D eigenvalue weighted by molar-refractivity contribution is 5.60. The molecule has 0 radical (unpaired) electrons. The fraction of sp³-hybridized carbons (Fsp3) is 0.417. The molecule has 2 aromatic heterocycles. The number of hydrogen-bond donors (Lipinski definition) is 0. The van der Waals surface area contributed by atoms with E-state index in [-0.39, 0.29) is 24.7 Å². The Kier molecular flexibility index (Phi) is 6.99. The zero-order valence-corrected chi connectivity index (χ0v) is 20.0. The maximum absolute atomic E-state index is 13.5. The summed E-state index contributed by atoms with van der Waals surface area (Å²) in [6.07, 6.45) is -7.67. The van der Waals surface area contributed by atoms with Gasteiger partial charge in [0, 0.05) is 51.0 Å². The smallest absolute Gasteiger partial charge is 0.378 e. The number of alkyl halides is 6. The van der Waals surface area contributed by atoms with Crippen molar-refractivity contribution in [3.63, 3.8) is 0 Å². The van der Waals surface area contributed by atoms with Gasteiger partial charge in [-0.1, -0.05) is 12.1 Å². The molecule has 0 saturated carbocycles. The number of morpholine rings is 1. The van der Waals surface area contributed by atoms with E-state index in [0.29, 0.717) is 56.9 Å². The monoisotopic (exact) mass is 539 g/mol. The van der Waals surface area contributed by atoms with Crippen LogP contribution in [0.1, 0.15) is 11.1 Å². The molecule has 0 amide bonds. The Bertz CT molecular complexity index is 1250. The van der Waals surface area contributed by atoms with E-state index in [0.717, 1.165) is 18.2 Å². The molecule has 0 unspecified atom stereocenters. The molecule has 0 spiro atoms. The fourth-order valence-corrected chi connectivity index (χ4v) is 4.33. The number of piperazine rings is 1. The maximum Gasteiger partial charge on any atom is 0.419 e. The van der Waals surface area contributed by atoms with Gasteiger partial charge in [-0.15, -0.1) is 0 Å². The van der Waals surface area contributed by atoms with E-state index in [1.165, 1.54) is 24.4 Å². The fourth-order valence-electron chi connectivity index (χ4n) is 4.33. The first kappa shape index (κ1) is 25.9. The van der Waals surface area contributed by atoms with Crippen molar-refractivity contribution in [2.24, 2.45) is 0 Å². The van der Waals surface area contributed by atoms with Gasteiger partial charge < -0.3 is 19.4 Å². The molecule has 38 heavy (non-hydrogen) atoms. The molecule has 8 nitrogen and oxygen atoms in total. The van der Waals surface area contributed by atoms with Crippen molar-refractivity contribution in [1.29, 1.82) is 0 Å². The highest BCUT2D eigenvalue weighted by atomic mass is 19.4. The van der Waals surface area contributed by atoms with Gasteiger partial charge in [-0.05, 0) is 24.3 Å². The summed E-state index contributed by atoms with van der Waals surface area (Å²) < 4.78 is 85.0. The van der Waals surface area contributed by atoms with Crippen LogP contribution in [0.2, 0.25) is 0 Å². The molecule has 14 heteroatoms. The summed E-state index contributed by atoms with van der Waals surface area (Å²) in [6, 6.07) is 6.81. The lowest BCUT2D eigenvalue weighted by atomic mass is 10.1. The highest BCUT2D eigenvalue weighted by Gasteiger charge is 2.36. The van der Waals surface area contributed by atoms with Gasteiger partial charge in [0.2, 0.25) is 11.9 Å². The average Bonchev–Trinajstić information content (AvgIpc) is 2.92. The molecule has 0 bridgehead atoms. The summed E-state index contributed by atoms with van der Waals surface area (Å²) in [5, 5.41) is 0. The molecule has 2 aliphatic heterocycles. The second kappa shape index (κ2) is 10.2.